The molecular formula is C9H12N4. The first kappa shape index (κ1) is 8.27. The number of nitrogens with zero attached hydrogens (tertiary/aromatic N) is 3. The van der Waals surface area contributed by atoms with Crippen LogP contribution in [0, 0.1) is 11.3 Å². The Morgan fingerprint density at radius 2 is 2.62 bits per heavy atom. The molecule has 1 fully saturated rings. The highest BCUT2D eigenvalue weighted by atomic mass is 15.1. The molecule has 2 heterocycles. The third-order valence-corrected chi connectivity index (χ3v) is 2.43. The molecule has 1 aliphatic heterocycles. The molecule has 2 rings (SSSR count). The van der Waals surface area contributed by atoms with Crippen molar-refractivity contribution in [2.75, 3.05) is 13.1 Å². The topological polar surface area (TPSA) is 53.6 Å². The van der Waals surface area contributed by atoms with Gasteiger partial charge < -0.3 is 9.88 Å². The van der Waals surface area contributed by atoms with Gasteiger partial charge in [0.2, 0.25) is 5.82 Å². The van der Waals surface area contributed by atoms with Crippen molar-refractivity contribution in [3.05, 3.63) is 18.2 Å². The molecule has 0 aliphatic carbocycles. The first-order valence-corrected chi connectivity index (χ1v) is 4.55. The van der Waals surface area contributed by atoms with E-state index >= 15 is 0 Å². The van der Waals surface area contributed by atoms with Crippen LogP contribution in [0.4, 0.5) is 0 Å². The first-order chi connectivity index (χ1) is 6.42. The standard InChI is InChI=1S/C9H12N4/c10-6-9-12-4-5-13(9)8-2-1-3-11-7-8/h4-5,8,11H,1-3,7H2. The first-order valence-electron chi connectivity index (χ1n) is 4.55. The van der Waals surface area contributed by atoms with Crippen molar-refractivity contribution >= 4 is 0 Å². The van der Waals surface area contributed by atoms with Crippen LogP contribution in [0.2, 0.25) is 0 Å². The zero-order valence-electron chi connectivity index (χ0n) is 7.40. The summed E-state index contributed by atoms with van der Waals surface area (Å²) >= 11 is 0. The van der Waals surface area contributed by atoms with Crippen LogP contribution in [0.3, 0.4) is 0 Å². The third-order valence-electron chi connectivity index (χ3n) is 2.43. The lowest BCUT2D eigenvalue weighted by molar-refractivity contribution is 0.369. The molecule has 4 heteroatoms. The average Bonchev–Trinajstić information content (AvgIpc) is 2.67. The normalized spacial score (nSPS) is 22.5. The zero-order chi connectivity index (χ0) is 9.10. The lowest BCUT2D eigenvalue weighted by Gasteiger charge is -2.24. The van der Waals surface area contributed by atoms with E-state index < -0.39 is 0 Å². The van der Waals surface area contributed by atoms with Gasteiger partial charge in [0.05, 0.1) is 0 Å². The van der Waals surface area contributed by atoms with Crippen molar-refractivity contribution in [3.8, 4) is 6.07 Å². The number of nitriles is 1. The van der Waals surface area contributed by atoms with Crippen LogP contribution >= 0.6 is 0 Å². The van der Waals surface area contributed by atoms with Crippen LogP contribution in [0.15, 0.2) is 12.4 Å². The molecule has 1 aromatic heterocycles. The maximum absolute atomic E-state index is 8.78. The Hall–Kier alpha value is -1.34. The summed E-state index contributed by atoms with van der Waals surface area (Å²) < 4.78 is 1.96. The molecule has 1 aromatic rings. The maximum Gasteiger partial charge on any atom is 0.213 e. The summed E-state index contributed by atoms with van der Waals surface area (Å²) in [7, 11) is 0. The fraction of sp³-hybridized carbons (Fsp3) is 0.556. The van der Waals surface area contributed by atoms with Crippen LogP contribution in [0.1, 0.15) is 24.7 Å². The predicted molar refractivity (Wildman–Crippen MR) is 48.1 cm³/mol. The molecule has 0 saturated carbocycles. The van der Waals surface area contributed by atoms with Gasteiger partial charge in [-0.2, -0.15) is 5.26 Å². The number of hydrogen-bond donors (Lipinski definition) is 1. The van der Waals surface area contributed by atoms with E-state index in [1.165, 1.54) is 6.42 Å². The SMILES string of the molecule is N#Cc1nccn1C1CCCNC1. The Labute approximate surface area is 77.2 Å². The monoisotopic (exact) mass is 176 g/mol. The second kappa shape index (κ2) is 3.58. The Morgan fingerprint density at radius 1 is 1.69 bits per heavy atom. The molecule has 0 spiro atoms. The van der Waals surface area contributed by atoms with E-state index in [9.17, 15) is 0 Å². The van der Waals surface area contributed by atoms with Gasteiger partial charge in [-0.3, -0.25) is 0 Å². The molecule has 0 amide bonds. The second-order valence-corrected chi connectivity index (χ2v) is 3.27. The second-order valence-electron chi connectivity index (χ2n) is 3.27. The Bertz CT molecular complexity index is 317. The zero-order valence-corrected chi connectivity index (χ0v) is 7.40. The van der Waals surface area contributed by atoms with Crippen LogP contribution in [0.25, 0.3) is 0 Å². The lowest BCUT2D eigenvalue weighted by Crippen LogP contribution is -2.31. The molecule has 4 nitrogen and oxygen atoms in total. The molecule has 1 N–H and O–H groups in total. The van der Waals surface area contributed by atoms with Crippen LogP contribution < -0.4 is 5.32 Å². The molecule has 0 aromatic carbocycles. The van der Waals surface area contributed by atoms with Gasteiger partial charge in [-0.15, -0.1) is 0 Å². The van der Waals surface area contributed by atoms with E-state index in [4.69, 9.17) is 5.26 Å². The van der Waals surface area contributed by atoms with Gasteiger partial charge in [-0.05, 0) is 19.4 Å². The van der Waals surface area contributed by atoms with Gasteiger partial charge >= 0.3 is 0 Å². The van der Waals surface area contributed by atoms with E-state index in [0.29, 0.717) is 11.9 Å². The van der Waals surface area contributed by atoms with Gasteiger partial charge in [-0.25, -0.2) is 4.98 Å². The largest absolute Gasteiger partial charge is 0.318 e. The minimum absolute atomic E-state index is 0.408. The quantitative estimate of drug-likeness (QED) is 0.684. The van der Waals surface area contributed by atoms with Crippen LogP contribution in [0.5, 0.6) is 0 Å². The summed E-state index contributed by atoms with van der Waals surface area (Å²) in [5.41, 5.74) is 0. The van der Waals surface area contributed by atoms with Crippen LogP contribution in [-0.2, 0) is 0 Å². The maximum atomic E-state index is 8.78. The number of aromatic nitrogens is 2. The van der Waals surface area contributed by atoms with E-state index in [1.807, 2.05) is 10.8 Å². The summed E-state index contributed by atoms with van der Waals surface area (Å²) in [4.78, 5) is 3.98. The smallest absolute Gasteiger partial charge is 0.213 e. The summed E-state index contributed by atoms with van der Waals surface area (Å²) in [5, 5.41) is 12.1. The fourth-order valence-electron chi connectivity index (χ4n) is 1.77. The van der Waals surface area contributed by atoms with Gasteiger partial charge in [0.1, 0.15) is 6.07 Å². The van der Waals surface area contributed by atoms with Crippen molar-refractivity contribution < 1.29 is 0 Å². The van der Waals surface area contributed by atoms with Crippen molar-refractivity contribution in [1.29, 1.82) is 5.26 Å². The molecule has 1 saturated heterocycles. The van der Waals surface area contributed by atoms with E-state index in [1.54, 1.807) is 6.20 Å². The van der Waals surface area contributed by atoms with Gasteiger partial charge in [-0.1, -0.05) is 0 Å². The van der Waals surface area contributed by atoms with Crippen molar-refractivity contribution in [2.45, 2.75) is 18.9 Å². The predicted octanol–water partition coefficient (Wildman–Crippen LogP) is 0.679. The molecule has 68 valence electrons. The summed E-state index contributed by atoms with van der Waals surface area (Å²) in [6.07, 6.45) is 5.88. The Morgan fingerprint density at radius 3 is 3.31 bits per heavy atom. The van der Waals surface area contributed by atoms with Gasteiger partial charge in [0, 0.05) is 25.0 Å². The number of rotatable bonds is 1. The lowest BCUT2D eigenvalue weighted by atomic mass is 10.1. The van der Waals surface area contributed by atoms with Crippen molar-refractivity contribution in [3.63, 3.8) is 0 Å². The summed E-state index contributed by atoms with van der Waals surface area (Å²) in [6.45, 7) is 2.04. The number of imidazole rings is 1. The summed E-state index contributed by atoms with van der Waals surface area (Å²) in [5.74, 6) is 0.522. The van der Waals surface area contributed by atoms with Crippen molar-refractivity contribution in [2.24, 2.45) is 0 Å². The van der Waals surface area contributed by atoms with E-state index in [0.717, 1.165) is 19.5 Å². The third kappa shape index (κ3) is 1.56. The van der Waals surface area contributed by atoms with E-state index in [2.05, 4.69) is 16.4 Å². The minimum Gasteiger partial charge on any atom is -0.318 e. The Balaban J connectivity index is 2.19. The van der Waals surface area contributed by atoms with Gasteiger partial charge in [0.15, 0.2) is 0 Å². The van der Waals surface area contributed by atoms with Crippen molar-refractivity contribution in [1.82, 2.24) is 14.9 Å². The van der Waals surface area contributed by atoms with E-state index in [-0.39, 0.29) is 0 Å². The number of hydrogen-bond acceptors (Lipinski definition) is 3. The van der Waals surface area contributed by atoms with Gasteiger partial charge in [0.25, 0.3) is 0 Å². The molecule has 0 radical (unpaired) electrons. The summed E-state index contributed by atoms with van der Waals surface area (Å²) in [6, 6.07) is 2.51. The highest BCUT2D eigenvalue weighted by molar-refractivity contribution is 5.12. The minimum atomic E-state index is 0.408. The average molecular weight is 176 g/mol. The molecule has 1 atom stereocenters. The molecule has 0 bridgehead atoms. The number of piperidine rings is 1. The Kier molecular flexibility index (Phi) is 2.28. The molecular weight excluding hydrogens is 164 g/mol. The highest BCUT2D eigenvalue weighted by Crippen LogP contribution is 2.17. The molecule has 1 aliphatic rings. The van der Waals surface area contributed by atoms with Crippen LogP contribution in [-0.4, -0.2) is 22.6 Å². The molecule has 1 unspecified atom stereocenters. The highest BCUT2D eigenvalue weighted by Gasteiger charge is 2.16. The fourth-order valence-corrected chi connectivity index (χ4v) is 1.77. The molecule has 13 heavy (non-hydrogen) atoms. The number of nitrogens with one attached hydrogen (secondary N) is 1.